The molecule has 38 heavy (non-hydrogen) atoms. The zero-order valence-electron chi connectivity index (χ0n) is 21.7. The van der Waals surface area contributed by atoms with E-state index < -0.39 is 10.0 Å². The van der Waals surface area contributed by atoms with Crippen LogP contribution in [-0.4, -0.2) is 88.1 Å². The molecule has 1 aromatic heterocycles. The van der Waals surface area contributed by atoms with E-state index in [1.807, 2.05) is 18.2 Å². The summed E-state index contributed by atoms with van der Waals surface area (Å²) in [5, 5.41) is 0.616. The fourth-order valence-corrected chi connectivity index (χ4v) is 7.37. The summed E-state index contributed by atoms with van der Waals surface area (Å²) in [6.07, 6.45) is 3.60. The van der Waals surface area contributed by atoms with Crippen LogP contribution in [0.1, 0.15) is 36.0 Å². The summed E-state index contributed by atoms with van der Waals surface area (Å²) in [5.74, 6) is 0.518. The third-order valence-electron chi connectivity index (χ3n) is 7.07. The van der Waals surface area contributed by atoms with Gasteiger partial charge in [-0.3, -0.25) is 14.6 Å². The van der Waals surface area contributed by atoms with E-state index >= 15 is 0 Å². The highest BCUT2D eigenvalue weighted by molar-refractivity contribution is 7.89. The number of aromatic nitrogens is 1. The van der Waals surface area contributed by atoms with Crippen molar-refractivity contribution in [3.8, 4) is 5.75 Å². The van der Waals surface area contributed by atoms with E-state index in [0.717, 1.165) is 68.7 Å². The molecule has 0 unspecified atom stereocenters. The van der Waals surface area contributed by atoms with Crippen LogP contribution in [0.2, 0.25) is 0 Å². The van der Waals surface area contributed by atoms with Crippen molar-refractivity contribution < 1.29 is 22.7 Å². The van der Waals surface area contributed by atoms with Crippen molar-refractivity contribution in [3.63, 3.8) is 0 Å². The molecule has 3 aromatic rings. The zero-order chi connectivity index (χ0) is 26.5. The first kappa shape index (κ1) is 27.0. The Morgan fingerprint density at radius 2 is 1.79 bits per heavy atom. The van der Waals surface area contributed by atoms with E-state index in [2.05, 4.69) is 4.90 Å². The highest BCUT2D eigenvalue weighted by Gasteiger charge is 2.27. The van der Waals surface area contributed by atoms with Crippen LogP contribution < -0.4 is 9.64 Å². The molecular weight excluding hydrogens is 524 g/mol. The number of thiazole rings is 1. The molecule has 204 valence electrons. The van der Waals surface area contributed by atoms with Crippen LogP contribution in [-0.2, 0) is 14.8 Å². The number of methoxy groups -OCH3 is 1. The fourth-order valence-electron chi connectivity index (χ4n) is 4.88. The Morgan fingerprint density at radius 1 is 1.05 bits per heavy atom. The molecular formula is C27H34N4O5S2. The second-order valence-electron chi connectivity index (χ2n) is 9.58. The molecule has 2 saturated heterocycles. The topological polar surface area (TPSA) is 92.3 Å². The first-order valence-electron chi connectivity index (χ1n) is 13.1. The van der Waals surface area contributed by atoms with Gasteiger partial charge in [0, 0.05) is 50.9 Å². The molecule has 2 aliphatic heterocycles. The number of hydrogen-bond acceptors (Lipinski definition) is 8. The van der Waals surface area contributed by atoms with Crippen LogP contribution in [0.25, 0.3) is 10.2 Å². The summed E-state index contributed by atoms with van der Waals surface area (Å²) in [4.78, 5) is 22.8. The lowest BCUT2D eigenvalue weighted by molar-refractivity contribution is 0.0376. The normalized spacial score (nSPS) is 17.5. The molecule has 0 N–H and O–H groups in total. The Balaban J connectivity index is 1.37. The molecule has 1 amide bonds. The number of nitrogens with zero attached hydrogens (tertiary/aromatic N) is 4. The maximum absolute atomic E-state index is 13.8. The smallest absolute Gasteiger partial charge is 0.260 e. The number of amides is 1. The average molecular weight is 559 g/mol. The second-order valence-corrected chi connectivity index (χ2v) is 12.5. The number of benzene rings is 2. The number of ether oxygens (including phenoxy) is 2. The zero-order valence-corrected chi connectivity index (χ0v) is 23.3. The van der Waals surface area contributed by atoms with Crippen LogP contribution in [0.15, 0.2) is 47.4 Å². The van der Waals surface area contributed by atoms with Crippen molar-refractivity contribution in [1.82, 2.24) is 14.2 Å². The standard InChI is InChI=1S/C27H34N4O5S2/c1-35-22-8-11-25-24(20-22)28-27(37-25)31(15-5-12-29-16-18-36-19-17-29)26(32)21-6-9-23(10-7-21)38(33,34)30-13-3-2-4-14-30/h6-11,20H,2-5,12-19H2,1H3. The van der Waals surface area contributed by atoms with Crippen LogP contribution in [0.3, 0.4) is 0 Å². The molecule has 0 atom stereocenters. The van der Waals surface area contributed by atoms with Crippen molar-refractivity contribution in [3.05, 3.63) is 48.0 Å². The van der Waals surface area contributed by atoms with E-state index in [1.165, 1.54) is 11.3 Å². The van der Waals surface area contributed by atoms with E-state index in [0.29, 0.717) is 36.1 Å². The van der Waals surface area contributed by atoms with E-state index in [-0.39, 0.29) is 10.8 Å². The molecule has 0 radical (unpaired) electrons. The lowest BCUT2D eigenvalue weighted by Gasteiger charge is -2.28. The number of morpholine rings is 1. The number of carbonyl (C=O) groups is 1. The quantitative estimate of drug-likeness (QED) is 0.394. The molecule has 2 aromatic carbocycles. The maximum Gasteiger partial charge on any atom is 0.260 e. The van der Waals surface area contributed by atoms with Gasteiger partial charge in [-0.1, -0.05) is 17.8 Å². The molecule has 0 saturated carbocycles. The Kier molecular flexibility index (Phi) is 8.59. The Morgan fingerprint density at radius 3 is 2.50 bits per heavy atom. The van der Waals surface area contributed by atoms with Crippen molar-refractivity contribution in [2.45, 2.75) is 30.6 Å². The van der Waals surface area contributed by atoms with Gasteiger partial charge in [0.05, 0.1) is 35.4 Å². The van der Waals surface area contributed by atoms with Gasteiger partial charge in [-0.15, -0.1) is 0 Å². The SMILES string of the molecule is COc1ccc2sc(N(CCCN3CCOCC3)C(=O)c3ccc(S(=O)(=O)N4CCCCC4)cc3)nc2c1. The van der Waals surface area contributed by atoms with Gasteiger partial charge in [-0.25, -0.2) is 13.4 Å². The first-order chi connectivity index (χ1) is 18.5. The Labute approximate surface area is 228 Å². The predicted molar refractivity (Wildman–Crippen MR) is 149 cm³/mol. The van der Waals surface area contributed by atoms with Gasteiger partial charge in [-0.05, 0) is 55.7 Å². The number of hydrogen-bond donors (Lipinski definition) is 0. The fraction of sp³-hybridized carbons (Fsp3) is 0.481. The number of piperidine rings is 1. The van der Waals surface area contributed by atoms with Gasteiger partial charge < -0.3 is 9.47 Å². The number of carbonyl (C=O) groups excluding carboxylic acids is 1. The lowest BCUT2D eigenvalue weighted by atomic mass is 10.2. The van der Waals surface area contributed by atoms with Crippen molar-refractivity contribution >= 4 is 42.6 Å². The third kappa shape index (κ3) is 6.02. The van der Waals surface area contributed by atoms with E-state index in [4.69, 9.17) is 14.5 Å². The number of anilines is 1. The largest absolute Gasteiger partial charge is 0.497 e. The number of sulfonamides is 1. The molecule has 2 fully saturated rings. The van der Waals surface area contributed by atoms with Crippen LogP contribution in [0.4, 0.5) is 5.13 Å². The van der Waals surface area contributed by atoms with Crippen LogP contribution >= 0.6 is 11.3 Å². The highest BCUT2D eigenvalue weighted by Crippen LogP contribution is 2.32. The molecule has 2 aliphatic rings. The molecule has 5 rings (SSSR count). The van der Waals surface area contributed by atoms with E-state index in [1.54, 1.807) is 40.6 Å². The molecule has 0 bridgehead atoms. The molecule has 11 heteroatoms. The van der Waals surface area contributed by atoms with Crippen LogP contribution in [0, 0.1) is 0 Å². The van der Waals surface area contributed by atoms with Gasteiger partial charge in [0.25, 0.3) is 5.91 Å². The highest BCUT2D eigenvalue weighted by atomic mass is 32.2. The van der Waals surface area contributed by atoms with Gasteiger partial charge in [0.2, 0.25) is 10.0 Å². The first-order valence-corrected chi connectivity index (χ1v) is 15.4. The third-order valence-corrected chi connectivity index (χ3v) is 10.0. The van der Waals surface area contributed by atoms with Crippen molar-refractivity contribution in [2.75, 3.05) is 64.5 Å². The number of rotatable bonds is 9. The minimum Gasteiger partial charge on any atom is -0.497 e. The summed E-state index contributed by atoms with van der Waals surface area (Å²) in [7, 11) is -1.94. The van der Waals surface area contributed by atoms with Crippen LogP contribution in [0.5, 0.6) is 5.75 Å². The van der Waals surface area contributed by atoms with Crippen molar-refractivity contribution in [2.24, 2.45) is 0 Å². The minimum atomic E-state index is -3.56. The van der Waals surface area contributed by atoms with Gasteiger partial charge in [0.15, 0.2) is 5.13 Å². The molecule has 9 nitrogen and oxygen atoms in total. The Hall–Kier alpha value is -2.57. The summed E-state index contributed by atoms with van der Waals surface area (Å²) < 4.78 is 39.4. The van der Waals surface area contributed by atoms with Gasteiger partial charge in [-0.2, -0.15) is 4.31 Å². The molecule has 0 aliphatic carbocycles. The summed E-state index contributed by atoms with van der Waals surface area (Å²) in [6, 6.07) is 12.0. The monoisotopic (exact) mass is 558 g/mol. The molecule has 3 heterocycles. The summed E-state index contributed by atoms with van der Waals surface area (Å²) >= 11 is 1.46. The predicted octanol–water partition coefficient (Wildman–Crippen LogP) is 3.85. The number of fused-ring (bicyclic) bond motifs is 1. The maximum atomic E-state index is 13.8. The van der Waals surface area contributed by atoms with Gasteiger partial charge in [0.1, 0.15) is 5.75 Å². The minimum absolute atomic E-state index is 0.195. The van der Waals surface area contributed by atoms with E-state index in [9.17, 15) is 13.2 Å². The summed E-state index contributed by atoms with van der Waals surface area (Å²) in [5.41, 5.74) is 1.21. The average Bonchev–Trinajstić information content (AvgIpc) is 3.39. The van der Waals surface area contributed by atoms with Crippen molar-refractivity contribution in [1.29, 1.82) is 0 Å². The van der Waals surface area contributed by atoms with Gasteiger partial charge >= 0.3 is 0 Å². The molecule has 0 spiro atoms. The lowest BCUT2D eigenvalue weighted by Crippen LogP contribution is -2.39. The second kappa shape index (κ2) is 12.1. The Bertz CT molecular complexity index is 1350. The summed E-state index contributed by atoms with van der Waals surface area (Å²) in [6.45, 7) is 5.69.